The average molecular weight is 319 g/mol. The molecule has 0 spiro atoms. The number of alkyl halides is 3. The molecule has 2 nitrogen and oxygen atoms in total. The summed E-state index contributed by atoms with van der Waals surface area (Å²) >= 11 is 3.35. The van der Waals surface area contributed by atoms with E-state index in [1.807, 2.05) is 26.0 Å². The highest BCUT2D eigenvalue weighted by Crippen LogP contribution is 2.30. The second-order valence-electron chi connectivity index (χ2n) is 4.06. The fourth-order valence-corrected chi connectivity index (χ4v) is 2.54. The van der Waals surface area contributed by atoms with E-state index in [1.165, 1.54) is 4.68 Å². The average Bonchev–Trinajstić information content (AvgIpc) is 2.64. The van der Waals surface area contributed by atoms with Gasteiger partial charge in [0, 0.05) is 10.7 Å². The number of aromatic nitrogens is 2. The summed E-state index contributed by atoms with van der Waals surface area (Å²) in [6, 6.07) is 3.69. The van der Waals surface area contributed by atoms with Gasteiger partial charge in [-0.1, -0.05) is 15.9 Å². The van der Waals surface area contributed by atoms with E-state index in [9.17, 15) is 13.2 Å². The van der Waals surface area contributed by atoms with E-state index in [1.54, 1.807) is 0 Å². The van der Waals surface area contributed by atoms with Crippen molar-refractivity contribution in [1.29, 1.82) is 0 Å². The molecule has 0 fully saturated rings. The first-order valence-corrected chi connectivity index (χ1v) is 5.97. The van der Waals surface area contributed by atoms with Crippen molar-refractivity contribution < 1.29 is 13.2 Å². The molecule has 0 atom stereocenters. The molecular formula is C12H10BrF3N2. The molecule has 1 aromatic carbocycles. The number of nitrogens with zero attached hydrogens (tertiary/aromatic N) is 2. The van der Waals surface area contributed by atoms with Gasteiger partial charge in [0.2, 0.25) is 0 Å². The maximum Gasteiger partial charge on any atom is 0.419 e. The lowest BCUT2D eigenvalue weighted by molar-refractivity contribution is -0.137. The lowest BCUT2D eigenvalue weighted by Crippen LogP contribution is -2.04. The van der Waals surface area contributed by atoms with Crippen molar-refractivity contribution in [2.75, 3.05) is 0 Å². The van der Waals surface area contributed by atoms with Gasteiger partial charge in [0.25, 0.3) is 0 Å². The zero-order valence-electron chi connectivity index (χ0n) is 9.72. The Balaban J connectivity index is 2.53. The van der Waals surface area contributed by atoms with Crippen LogP contribution in [0.3, 0.4) is 0 Å². The molecule has 0 aliphatic heterocycles. The number of benzene rings is 1. The van der Waals surface area contributed by atoms with Crippen LogP contribution >= 0.6 is 15.9 Å². The van der Waals surface area contributed by atoms with Crippen LogP contribution < -0.4 is 0 Å². The molecule has 2 aromatic rings. The lowest BCUT2D eigenvalue weighted by Gasteiger charge is -2.10. The highest BCUT2D eigenvalue weighted by molar-refractivity contribution is 9.10. The Hall–Kier alpha value is -1.30. The van der Waals surface area contributed by atoms with Crippen LogP contribution in [0.15, 0.2) is 29.0 Å². The van der Waals surface area contributed by atoms with Crippen LogP contribution in [0.25, 0.3) is 5.69 Å². The van der Waals surface area contributed by atoms with Crippen molar-refractivity contribution >= 4 is 15.9 Å². The molecule has 0 saturated carbocycles. The topological polar surface area (TPSA) is 17.8 Å². The Bertz CT molecular complexity index is 564. The molecule has 2 rings (SSSR count). The molecular weight excluding hydrogens is 309 g/mol. The van der Waals surface area contributed by atoms with Crippen LogP contribution in [0.1, 0.15) is 16.7 Å². The molecule has 1 aromatic heterocycles. The summed E-state index contributed by atoms with van der Waals surface area (Å²) in [6.07, 6.45) is -2.53. The minimum Gasteiger partial charge on any atom is -0.240 e. The predicted octanol–water partition coefficient (Wildman–Crippen LogP) is 4.27. The van der Waals surface area contributed by atoms with E-state index in [2.05, 4.69) is 21.0 Å². The van der Waals surface area contributed by atoms with Crippen molar-refractivity contribution in [1.82, 2.24) is 9.78 Å². The van der Waals surface area contributed by atoms with Crippen LogP contribution in [0.5, 0.6) is 0 Å². The minimum absolute atomic E-state index is 0.675. The van der Waals surface area contributed by atoms with Gasteiger partial charge in [-0.2, -0.15) is 18.3 Å². The summed E-state index contributed by atoms with van der Waals surface area (Å²) in [4.78, 5) is 0. The minimum atomic E-state index is -4.37. The van der Waals surface area contributed by atoms with Crippen molar-refractivity contribution in [3.8, 4) is 5.69 Å². The van der Waals surface area contributed by atoms with E-state index in [0.717, 1.165) is 28.0 Å². The van der Waals surface area contributed by atoms with Crippen LogP contribution in [-0.2, 0) is 6.18 Å². The molecule has 0 unspecified atom stereocenters. The summed E-state index contributed by atoms with van der Waals surface area (Å²) in [5.74, 6) is 0. The smallest absolute Gasteiger partial charge is 0.240 e. The van der Waals surface area contributed by atoms with E-state index < -0.39 is 11.7 Å². The van der Waals surface area contributed by atoms with Crippen LogP contribution in [-0.4, -0.2) is 9.78 Å². The molecule has 18 heavy (non-hydrogen) atoms. The van der Waals surface area contributed by atoms with Gasteiger partial charge in [0.15, 0.2) is 0 Å². The molecule has 0 aliphatic rings. The highest BCUT2D eigenvalue weighted by atomic mass is 79.9. The standard InChI is InChI=1S/C12H10BrF3N2/c1-7-3-10(13)4-8(2)11(7)18-6-9(5-17-18)12(14,15)16/h3-6H,1-2H3. The second-order valence-corrected chi connectivity index (χ2v) is 4.98. The number of aryl methyl sites for hydroxylation is 2. The van der Waals surface area contributed by atoms with Crippen molar-refractivity contribution in [2.24, 2.45) is 0 Å². The maximum atomic E-state index is 12.5. The van der Waals surface area contributed by atoms with Crippen LogP contribution in [0, 0.1) is 13.8 Å². The molecule has 0 aliphatic carbocycles. The zero-order valence-corrected chi connectivity index (χ0v) is 11.3. The van der Waals surface area contributed by atoms with Gasteiger partial charge >= 0.3 is 6.18 Å². The molecule has 0 bridgehead atoms. The third-order valence-corrected chi connectivity index (χ3v) is 3.05. The molecule has 0 saturated heterocycles. The third-order valence-electron chi connectivity index (χ3n) is 2.59. The maximum absolute atomic E-state index is 12.5. The summed E-state index contributed by atoms with van der Waals surface area (Å²) in [7, 11) is 0. The van der Waals surface area contributed by atoms with Crippen LogP contribution in [0.4, 0.5) is 13.2 Å². The molecule has 1 heterocycles. The van der Waals surface area contributed by atoms with Crippen molar-refractivity contribution in [2.45, 2.75) is 20.0 Å². The van der Waals surface area contributed by atoms with Crippen molar-refractivity contribution in [3.05, 3.63) is 45.7 Å². The van der Waals surface area contributed by atoms with Gasteiger partial charge in [-0.25, -0.2) is 4.68 Å². The fourth-order valence-electron chi connectivity index (χ4n) is 1.86. The predicted molar refractivity (Wildman–Crippen MR) is 65.7 cm³/mol. The van der Waals surface area contributed by atoms with E-state index >= 15 is 0 Å². The Morgan fingerprint density at radius 2 is 1.72 bits per heavy atom. The molecule has 0 N–H and O–H groups in total. The summed E-state index contributed by atoms with van der Waals surface area (Å²) in [5.41, 5.74) is 1.65. The Morgan fingerprint density at radius 1 is 1.17 bits per heavy atom. The first-order chi connectivity index (χ1) is 8.29. The normalized spacial score (nSPS) is 11.9. The van der Waals surface area contributed by atoms with Crippen molar-refractivity contribution in [3.63, 3.8) is 0 Å². The number of rotatable bonds is 1. The number of halogens is 4. The SMILES string of the molecule is Cc1cc(Br)cc(C)c1-n1cc(C(F)(F)F)cn1. The van der Waals surface area contributed by atoms with Gasteiger partial charge in [0.05, 0.1) is 17.4 Å². The van der Waals surface area contributed by atoms with E-state index in [-0.39, 0.29) is 0 Å². The summed E-state index contributed by atoms with van der Waals surface area (Å²) in [5, 5.41) is 3.79. The largest absolute Gasteiger partial charge is 0.419 e. The Labute approximate surface area is 111 Å². The van der Waals surface area contributed by atoms with Crippen LogP contribution in [0.2, 0.25) is 0 Å². The molecule has 0 amide bonds. The quantitative estimate of drug-likeness (QED) is 0.767. The van der Waals surface area contributed by atoms with Gasteiger partial charge in [-0.3, -0.25) is 0 Å². The monoisotopic (exact) mass is 318 g/mol. The summed E-state index contributed by atoms with van der Waals surface area (Å²) in [6.45, 7) is 3.67. The zero-order chi connectivity index (χ0) is 13.5. The first-order valence-electron chi connectivity index (χ1n) is 5.18. The summed E-state index contributed by atoms with van der Waals surface area (Å²) < 4.78 is 39.7. The molecule has 96 valence electrons. The van der Waals surface area contributed by atoms with Gasteiger partial charge < -0.3 is 0 Å². The third kappa shape index (κ3) is 2.43. The van der Waals surface area contributed by atoms with E-state index in [0.29, 0.717) is 5.69 Å². The van der Waals surface area contributed by atoms with Gasteiger partial charge in [-0.15, -0.1) is 0 Å². The molecule has 6 heteroatoms. The first kappa shape index (κ1) is 13.1. The van der Waals surface area contributed by atoms with E-state index in [4.69, 9.17) is 0 Å². The fraction of sp³-hybridized carbons (Fsp3) is 0.250. The second kappa shape index (κ2) is 4.42. The molecule has 0 radical (unpaired) electrons. The number of hydrogen-bond acceptors (Lipinski definition) is 1. The van der Waals surface area contributed by atoms with Gasteiger partial charge in [-0.05, 0) is 37.1 Å². The lowest BCUT2D eigenvalue weighted by atomic mass is 10.1. The Morgan fingerprint density at radius 3 is 2.17 bits per heavy atom. The Kier molecular flexibility index (Phi) is 3.23. The highest BCUT2D eigenvalue weighted by Gasteiger charge is 2.32. The van der Waals surface area contributed by atoms with Gasteiger partial charge in [0.1, 0.15) is 0 Å². The number of hydrogen-bond donors (Lipinski definition) is 0.